The summed E-state index contributed by atoms with van der Waals surface area (Å²) in [4.78, 5) is 1.47. The van der Waals surface area contributed by atoms with E-state index >= 15 is 0 Å². The Labute approximate surface area is 90.0 Å². The van der Waals surface area contributed by atoms with Crippen LogP contribution < -0.4 is 5.32 Å². The van der Waals surface area contributed by atoms with Gasteiger partial charge in [-0.2, -0.15) is 4.80 Å². The Hall–Kier alpha value is -1.01. The second-order valence-electron chi connectivity index (χ2n) is 3.50. The maximum atomic E-state index is 5.30. The van der Waals surface area contributed by atoms with Crippen molar-refractivity contribution in [3.8, 4) is 0 Å². The lowest BCUT2D eigenvalue weighted by molar-refractivity contribution is 0.0829. The van der Waals surface area contributed by atoms with Gasteiger partial charge in [-0.3, -0.25) is 0 Å². The fourth-order valence-corrected chi connectivity index (χ4v) is 1.43. The van der Waals surface area contributed by atoms with E-state index in [1.807, 2.05) is 6.92 Å². The highest BCUT2D eigenvalue weighted by atomic mass is 16.5. The monoisotopic (exact) mass is 213 g/mol. The van der Waals surface area contributed by atoms with Gasteiger partial charge in [0.2, 0.25) is 0 Å². The number of nitrogens with one attached hydrogen (secondary N) is 1. The van der Waals surface area contributed by atoms with Crippen LogP contribution in [-0.4, -0.2) is 46.0 Å². The fraction of sp³-hybridized carbons (Fsp3) is 0.889. The molecule has 0 bridgehead atoms. The van der Waals surface area contributed by atoms with Crippen LogP contribution >= 0.6 is 0 Å². The first-order valence-corrected chi connectivity index (χ1v) is 5.16. The summed E-state index contributed by atoms with van der Waals surface area (Å²) in [6.07, 6.45) is 0.866. The minimum absolute atomic E-state index is 0.133. The lowest BCUT2D eigenvalue weighted by atomic mass is 10.1. The highest BCUT2D eigenvalue weighted by molar-refractivity contribution is 4.87. The first kappa shape index (κ1) is 12.1. The fourth-order valence-electron chi connectivity index (χ4n) is 1.43. The van der Waals surface area contributed by atoms with E-state index in [1.54, 1.807) is 14.2 Å². The molecule has 2 atom stereocenters. The van der Waals surface area contributed by atoms with Crippen LogP contribution in [0.4, 0.5) is 0 Å². The largest absolute Gasteiger partial charge is 0.380 e. The van der Waals surface area contributed by atoms with Crippen LogP contribution in [0.5, 0.6) is 0 Å². The Morgan fingerprint density at radius 2 is 2.27 bits per heavy atom. The molecule has 2 unspecified atom stereocenters. The molecule has 0 amide bonds. The maximum Gasteiger partial charge on any atom is 0.176 e. The molecule has 1 aromatic heterocycles. The van der Waals surface area contributed by atoms with Crippen molar-refractivity contribution in [2.75, 3.05) is 13.7 Å². The normalized spacial score (nSPS) is 15.2. The SMILES string of the molecule is CCNC(Cc1nnn(C)n1)C(C)OC. The van der Waals surface area contributed by atoms with Gasteiger partial charge in [-0.25, -0.2) is 0 Å². The van der Waals surface area contributed by atoms with Crippen molar-refractivity contribution in [1.29, 1.82) is 0 Å². The quantitative estimate of drug-likeness (QED) is 0.707. The molecule has 0 saturated heterocycles. The van der Waals surface area contributed by atoms with E-state index in [1.165, 1.54) is 4.80 Å². The van der Waals surface area contributed by atoms with Crippen LogP contribution in [0.2, 0.25) is 0 Å². The zero-order chi connectivity index (χ0) is 11.3. The van der Waals surface area contributed by atoms with E-state index in [2.05, 4.69) is 27.7 Å². The van der Waals surface area contributed by atoms with Gasteiger partial charge in [0.15, 0.2) is 5.82 Å². The Morgan fingerprint density at radius 1 is 1.53 bits per heavy atom. The molecule has 0 saturated carbocycles. The summed E-state index contributed by atoms with van der Waals surface area (Å²) in [5.74, 6) is 0.743. The Morgan fingerprint density at radius 3 is 2.73 bits per heavy atom. The second-order valence-corrected chi connectivity index (χ2v) is 3.50. The standard InChI is InChI=1S/C9H19N5O/c1-5-10-8(7(2)15-4)6-9-11-13-14(3)12-9/h7-8,10H,5-6H2,1-4H3. The van der Waals surface area contributed by atoms with Crippen molar-refractivity contribution in [2.24, 2.45) is 7.05 Å². The number of ether oxygens (including phenoxy) is 1. The predicted molar refractivity (Wildman–Crippen MR) is 56.4 cm³/mol. The molecule has 0 fully saturated rings. The summed E-state index contributed by atoms with van der Waals surface area (Å²) in [7, 11) is 3.47. The maximum absolute atomic E-state index is 5.30. The highest BCUT2D eigenvalue weighted by Crippen LogP contribution is 2.03. The summed E-state index contributed by atoms with van der Waals surface area (Å²) < 4.78 is 5.30. The third-order valence-electron chi connectivity index (χ3n) is 2.36. The minimum atomic E-state index is 0.133. The molecule has 6 heteroatoms. The van der Waals surface area contributed by atoms with Crippen LogP contribution in [0, 0.1) is 0 Å². The van der Waals surface area contributed by atoms with Crippen molar-refractivity contribution in [3.05, 3.63) is 5.82 Å². The molecule has 86 valence electrons. The zero-order valence-electron chi connectivity index (χ0n) is 9.77. The molecule has 1 rings (SSSR count). The number of likely N-dealkylation sites (N-methyl/N-ethyl adjacent to an activating group) is 1. The number of aromatic nitrogens is 4. The van der Waals surface area contributed by atoms with Gasteiger partial charge in [-0.15, -0.1) is 10.2 Å². The topological polar surface area (TPSA) is 64.9 Å². The molecule has 1 aromatic rings. The number of rotatable bonds is 6. The second kappa shape index (κ2) is 5.77. The van der Waals surface area contributed by atoms with E-state index in [0.717, 1.165) is 18.8 Å². The van der Waals surface area contributed by atoms with Gasteiger partial charge in [0, 0.05) is 19.6 Å². The van der Waals surface area contributed by atoms with Crippen molar-refractivity contribution in [1.82, 2.24) is 25.5 Å². The average molecular weight is 213 g/mol. The number of aryl methyl sites for hydroxylation is 1. The molecule has 1 heterocycles. The number of methoxy groups -OCH3 is 1. The Bertz CT molecular complexity index is 288. The van der Waals surface area contributed by atoms with E-state index in [9.17, 15) is 0 Å². The van der Waals surface area contributed by atoms with Crippen LogP contribution in [0.25, 0.3) is 0 Å². The molecule has 1 N–H and O–H groups in total. The van der Waals surface area contributed by atoms with Gasteiger partial charge >= 0.3 is 0 Å². The van der Waals surface area contributed by atoms with Gasteiger partial charge in [-0.1, -0.05) is 6.92 Å². The molecule has 0 aliphatic carbocycles. The Kier molecular flexibility index (Phi) is 4.64. The summed E-state index contributed by atoms with van der Waals surface area (Å²) in [5.41, 5.74) is 0. The summed E-state index contributed by atoms with van der Waals surface area (Å²) in [6, 6.07) is 0.226. The van der Waals surface area contributed by atoms with Gasteiger partial charge in [0.25, 0.3) is 0 Å². The lowest BCUT2D eigenvalue weighted by Crippen LogP contribution is -2.41. The average Bonchev–Trinajstić information content (AvgIpc) is 2.62. The molecule has 0 spiro atoms. The molecule has 0 aromatic carbocycles. The molecule has 6 nitrogen and oxygen atoms in total. The van der Waals surface area contributed by atoms with Crippen LogP contribution in [0.15, 0.2) is 0 Å². The molecule has 0 aliphatic heterocycles. The summed E-state index contributed by atoms with van der Waals surface area (Å²) in [5, 5.41) is 15.3. The third-order valence-corrected chi connectivity index (χ3v) is 2.36. The van der Waals surface area contributed by atoms with Gasteiger partial charge in [-0.05, 0) is 18.7 Å². The first-order valence-electron chi connectivity index (χ1n) is 5.16. The van der Waals surface area contributed by atoms with Gasteiger partial charge in [0.05, 0.1) is 13.2 Å². The van der Waals surface area contributed by atoms with Crippen molar-refractivity contribution < 1.29 is 4.74 Å². The lowest BCUT2D eigenvalue weighted by Gasteiger charge is -2.22. The van der Waals surface area contributed by atoms with Gasteiger partial charge < -0.3 is 10.1 Å². The molecule has 0 radical (unpaired) electrons. The summed E-state index contributed by atoms with van der Waals surface area (Å²) >= 11 is 0. The molecule has 15 heavy (non-hydrogen) atoms. The predicted octanol–water partition coefficient (Wildman–Crippen LogP) is -0.234. The van der Waals surface area contributed by atoms with Crippen molar-refractivity contribution in [3.63, 3.8) is 0 Å². The first-order chi connectivity index (χ1) is 7.17. The molecular formula is C9H19N5O. The third kappa shape index (κ3) is 3.56. The van der Waals surface area contributed by atoms with Crippen LogP contribution in [-0.2, 0) is 18.2 Å². The van der Waals surface area contributed by atoms with Gasteiger partial charge in [0.1, 0.15) is 0 Å². The Balaban J connectivity index is 2.57. The molecule has 0 aliphatic rings. The number of tetrazole rings is 1. The van der Waals surface area contributed by atoms with Crippen LogP contribution in [0.3, 0.4) is 0 Å². The van der Waals surface area contributed by atoms with Crippen LogP contribution in [0.1, 0.15) is 19.7 Å². The van der Waals surface area contributed by atoms with Crippen molar-refractivity contribution >= 4 is 0 Å². The summed E-state index contributed by atoms with van der Waals surface area (Å²) in [6.45, 7) is 5.00. The van der Waals surface area contributed by atoms with Crippen molar-refractivity contribution in [2.45, 2.75) is 32.4 Å². The number of hydrogen-bond donors (Lipinski definition) is 1. The smallest absolute Gasteiger partial charge is 0.176 e. The van der Waals surface area contributed by atoms with E-state index in [0.29, 0.717) is 0 Å². The highest BCUT2D eigenvalue weighted by Gasteiger charge is 2.18. The van der Waals surface area contributed by atoms with E-state index in [4.69, 9.17) is 4.74 Å². The number of hydrogen-bond acceptors (Lipinski definition) is 5. The zero-order valence-corrected chi connectivity index (χ0v) is 9.77. The van der Waals surface area contributed by atoms with E-state index < -0.39 is 0 Å². The number of nitrogens with zero attached hydrogens (tertiary/aromatic N) is 4. The van der Waals surface area contributed by atoms with E-state index in [-0.39, 0.29) is 12.1 Å². The molecular weight excluding hydrogens is 194 g/mol. The minimum Gasteiger partial charge on any atom is -0.380 e.